The summed E-state index contributed by atoms with van der Waals surface area (Å²) in [5.74, 6) is 0.774. The number of aromatic nitrogens is 2. The predicted molar refractivity (Wildman–Crippen MR) is 81.7 cm³/mol. The summed E-state index contributed by atoms with van der Waals surface area (Å²) in [4.78, 5) is 19.6. The van der Waals surface area contributed by atoms with Gasteiger partial charge in [0.05, 0.1) is 6.61 Å². The maximum Gasteiger partial charge on any atom is 0.256 e. The topological polar surface area (TPSA) is 67.0 Å². The number of benzene rings is 1. The summed E-state index contributed by atoms with van der Waals surface area (Å²) in [7, 11) is 0. The number of carbonyl (C=O) groups is 1. The minimum Gasteiger partial charge on any atom is -0.490 e. The first-order valence-electron chi connectivity index (χ1n) is 6.74. The highest BCUT2D eigenvalue weighted by Crippen LogP contribution is 2.22. The van der Waals surface area contributed by atoms with Crippen molar-refractivity contribution in [3.63, 3.8) is 0 Å². The van der Waals surface area contributed by atoms with Crippen LogP contribution in [0.2, 0.25) is 0 Å². The molecule has 106 valence electrons. The quantitative estimate of drug-likeness (QED) is 0.771. The summed E-state index contributed by atoms with van der Waals surface area (Å²) < 4.78 is 5.45. The number of H-pyrrole nitrogens is 1. The summed E-state index contributed by atoms with van der Waals surface area (Å²) in [6.07, 6.45) is 3.46. The average molecular weight is 281 g/mol. The number of hydrogen-bond acceptors (Lipinski definition) is 3. The second-order valence-electron chi connectivity index (χ2n) is 4.52. The van der Waals surface area contributed by atoms with E-state index >= 15 is 0 Å². The second-order valence-corrected chi connectivity index (χ2v) is 4.52. The first-order chi connectivity index (χ1) is 10.3. The Morgan fingerprint density at radius 1 is 1.33 bits per heavy atom. The average Bonchev–Trinajstić information content (AvgIpc) is 2.97. The van der Waals surface area contributed by atoms with E-state index in [4.69, 9.17) is 4.74 Å². The van der Waals surface area contributed by atoms with Crippen LogP contribution in [0.3, 0.4) is 0 Å². The summed E-state index contributed by atoms with van der Waals surface area (Å²) in [6, 6.07) is 11.0. The molecule has 3 aromatic rings. The first-order valence-corrected chi connectivity index (χ1v) is 6.74. The van der Waals surface area contributed by atoms with Crippen LogP contribution < -0.4 is 10.1 Å². The molecule has 0 saturated heterocycles. The molecule has 3 rings (SSSR count). The minimum atomic E-state index is -0.217. The van der Waals surface area contributed by atoms with Gasteiger partial charge in [-0.05, 0) is 42.6 Å². The monoisotopic (exact) mass is 281 g/mol. The van der Waals surface area contributed by atoms with Gasteiger partial charge < -0.3 is 15.0 Å². The Labute approximate surface area is 122 Å². The number of carbonyl (C=O) groups excluding carboxylic acids is 1. The Morgan fingerprint density at radius 2 is 2.24 bits per heavy atom. The number of anilines is 1. The van der Waals surface area contributed by atoms with Gasteiger partial charge in [0.1, 0.15) is 0 Å². The van der Waals surface area contributed by atoms with E-state index in [1.165, 1.54) is 0 Å². The van der Waals surface area contributed by atoms with Gasteiger partial charge in [-0.2, -0.15) is 0 Å². The van der Waals surface area contributed by atoms with Crippen molar-refractivity contribution in [2.45, 2.75) is 6.92 Å². The molecular weight excluding hydrogens is 266 g/mol. The van der Waals surface area contributed by atoms with Crippen molar-refractivity contribution in [1.82, 2.24) is 9.97 Å². The molecule has 0 spiro atoms. The molecule has 5 nitrogen and oxygen atoms in total. The fourth-order valence-corrected chi connectivity index (χ4v) is 2.13. The van der Waals surface area contributed by atoms with E-state index < -0.39 is 0 Å². The molecule has 0 saturated carbocycles. The van der Waals surface area contributed by atoms with Gasteiger partial charge in [0.2, 0.25) is 0 Å². The third-order valence-corrected chi connectivity index (χ3v) is 3.12. The lowest BCUT2D eigenvalue weighted by Crippen LogP contribution is -2.14. The van der Waals surface area contributed by atoms with E-state index in [1.807, 2.05) is 31.3 Å². The molecule has 0 fully saturated rings. The highest BCUT2D eigenvalue weighted by Gasteiger charge is 2.11. The van der Waals surface area contributed by atoms with Gasteiger partial charge in [0, 0.05) is 23.5 Å². The Bertz CT molecular complexity index is 780. The van der Waals surface area contributed by atoms with Crippen LogP contribution in [0.25, 0.3) is 10.9 Å². The van der Waals surface area contributed by atoms with Crippen LogP contribution >= 0.6 is 0 Å². The third kappa shape index (κ3) is 2.72. The highest BCUT2D eigenvalue weighted by molar-refractivity contribution is 6.06. The number of ether oxygens (including phenoxy) is 1. The number of amides is 1. The first kappa shape index (κ1) is 13.2. The zero-order chi connectivity index (χ0) is 14.7. The SMILES string of the molecule is CCOc1cccnc1NC(=O)c1ccc2cc[nH]c2c1. The largest absolute Gasteiger partial charge is 0.490 e. The molecule has 0 aliphatic carbocycles. The minimum absolute atomic E-state index is 0.217. The number of nitrogens with zero attached hydrogens (tertiary/aromatic N) is 1. The fraction of sp³-hybridized carbons (Fsp3) is 0.125. The van der Waals surface area contributed by atoms with Crippen LogP contribution in [0.5, 0.6) is 5.75 Å². The lowest BCUT2D eigenvalue weighted by atomic mass is 10.1. The van der Waals surface area contributed by atoms with E-state index in [9.17, 15) is 4.79 Å². The van der Waals surface area contributed by atoms with Crippen LogP contribution in [0, 0.1) is 0 Å². The number of aromatic amines is 1. The van der Waals surface area contributed by atoms with Crippen molar-refractivity contribution >= 4 is 22.6 Å². The van der Waals surface area contributed by atoms with Gasteiger partial charge in [-0.25, -0.2) is 4.98 Å². The number of fused-ring (bicyclic) bond motifs is 1. The van der Waals surface area contributed by atoms with Crippen molar-refractivity contribution < 1.29 is 9.53 Å². The fourth-order valence-electron chi connectivity index (χ4n) is 2.13. The van der Waals surface area contributed by atoms with Crippen molar-refractivity contribution in [3.8, 4) is 5.75 Å². The molecule has 2 heterocycles. The molecule has 1 amide bonds. The molecule has 21 heavy (non-hydrogen) atoms. The maximum atomic E-state index is 12.3. The maximum absolute atomic E-state index is 12.3. The van der Waals surface area contributed by atoms with Gasteiger partial charge in [-0.3, -0.25) is 4.79 Å². The second kappa shape index (κ2) is 5.66. The predicted octanol–water partition coefficient (Wildman–Crippen LogP) is 3.21. The van der Waals surface area contributed by atoms with Gasteiger partial charge in [0.15, 0.2) is 11.6 Å². The van der Waals surface area contributed by atoms with Crippen molar-refractivity contribution in [2.75, 3.05) is 11.9 Å². The van der Waals surface area contributed by atoms with E-state index in [-0.39, 0.29) is 5.91 Å². The zero-order valence-corrected chi connectivity index (χ0v) is 11.6. The molecule has 0 aliphatic rings. The molecule has 1 aromatic carbocycles. The summed E-state index contributed by atoms with van der Waals surface area (Å²) in [6.45, 7) is 2.40. The molecule has 0 bridgehead atoms. The van der Waals surface area contributed by atoms with E-state index in [1.54, 1.807) is 24.4 Å². The van der Waals surface area contributed by atoms with Crippen molar-refractivity contribution in [2.24, 2.45) is 0 Å². The standard InChI is InChI=1S/C16H15N3O2/c1-2-21-14-4-3-8-18-15(14)19-16(20)12-6-5-11-7-9-17-13(11)10-12/h3-10,17H,2H2,1H3,(H,18,19,20). The van der Waals surface area contributed by atoms with Gasteiger partial charge >= 0.3 is 0 Å². The lowest BCUT2D eigenvalue weighted by Gasteiger charge is -2.10. The number of pyridine rings is 1. The molecule has 0 aliphatic heterocycles. The Hall–Kier alpha value is -2.82. The number of nitrogens with one attached hydrogen (secondary N) is 2. The van der Waals surface area contributed by atoms with Crippen molar-refractivity contribution in [3.05, 3.63) is 54.4 Å². The smallest absolute Gasteiger partial charge is 0.256 e. The summed E-state index contributed by atoms with van der Waals surface area (Å²) in [5.41, 5.74) is 1.49. The van der Waals surface area contributed by atoms with E-state index in [0.717, 1.165) is 10.9 Å². The number of rotatable bonds is 4. The van der Waals surface area contributed by atoms with Crippen molar-refractivity contribution in [1.29, 1.82) is 0 Å². The molecular formula is C16H15N3O2. The highest BCUT2D eigenvalue weighted by atomic mass is 16.5. The molecule has 2 aromatic heterocycles. The zero-order valence-electron chi connectivity index (χ0n) is 11.6. The van der Waals surface area contributed by atoms with E-state index in [0.29, 0.717) is 23.7 Å². The summed E-state index contributed by atoms with van der Waals surface area (Å²) in [5, 5.41) is 3.85. The van der Waals surface area contributed by atoms with Crippen LogP contribution in [-0.4, -0.2) is 22.5 Å². The molecule has 0 radical (unpaired) electrons. The normalized spacial score (nSPS) is 10.5. The number of hydrogen-bond donors (Lipinski definition) is 2. The Morgan fingerprint density at radius 3 is 3.10 bits per heavy atom. The third-order valence-electron chi connectivity index (χ3n) is 3.12. The van der Waals surface area contributed by atoms with Gasteiger partial charge in [-0.1, -0.05) is 6.07 Å². The molecule has 0 atom stereocenters. The Kier molecular flexibility index (Phi) is 3.55. The van der Waals surface area contributed by atoms with Gasteiger partial charge in [0.25, 0.3) is 5.91 Å². The molecule has 5 heteroatoms. The molecule has 2 N–H and O–H groups in total. The van der Waals surface area contributed by atoms with Crippen LogP contribution in [-0.2, 0) is 0 Å². The van der Waals surface area contributed by atoms with E-state index in [2.05, 4.69) is 15.3 Å². The lowest BCUT2D eigenvalue weighted by molar-refractivity contribution is 0.102. The summed E-state index contributed by atoms with van der Waals surface area (Å²) >= 11 is 0. The van der Waals surface area contributed by atoms with Crippen LogP contribution in [0.1, 0.15) is 17.3 Å². The van der Waals surface area contributed by atoms with Gasteiger partial charge in [-0.15, -0.1) is 0 Å². The van der Waals surface area contributed by atoms with Crippen LogP contribution in [0.4, 0.5) is 5.82 Å². The van der Waals surface area contributed by atoms with Crippen LogP contribution in [0.15, 0.2) is 48.8 Å². The Balaban J connectivity index is 1.85. The molecule has 0 unspecified atom stereocenters.